The van der Waals surface area contributed by atoms with Gasteiger partial charge in [0, 0.05) is 10.7 Å². The second kappa shape index (κ2) is 4.82. The van der Waals surface area contributed by atoms with Crippen molar-refractivity contribution >= 4 is 21.9 Å². The molecule has 0 saturated carbocycles. The van der Waals surface area contributed by atoms with Crippen LogP contribution in [0.2, 0.25) is 0 Å². The standard InChI is InChI=1S/C9H7BrF3NO2/c1-2-16-8(15)7-6(9(11,12)13)3-5(10)4-14-7/h3-4H,2H2,1H3. The predicted molar refractivity (Wildman–Crippen MR) is 52.9 cm³/mol. The monoisotopic (exact) mass is 297 g/mol. The number of nitrogens with zero attached hydrogens (tertiary/aromatic N) is 1. The van der Waals surface area contributed by atoms with Crippen LogP contribution < -0.4 is 0 Å². The summed E-state index contributed by atoms with van der Waals surface area (Å²) in [6, 6.07) is 0.791. The fourth-order valence-corrected chi connectivity index (χ4v) is 1.35. The fraction of sp³-hybridized carbons (Fsp3) is 0.333. The molecule has 3 nitrogen and oxygen atoms in total. The van der Waals surface area contributed by atoms with E-state index in [0.29, 0.717) is 0 Å². The number of alkyl halides is 3. The molecule has 0 saturated heterocycles. The average molecular weight is 298 g/mol. The first-order valence-electron chi connectivity index (χ1n) is 4.26. The number of esters is 1. The highest BCUT2D eigenvalue weighted by Gasteiger charge is 2.37. The normalized spacial score (nSPS) is 11.3. The molecule has 1 rings (SSSR count). The van der Waals surface area contributed by atoms with E-state index in [-0.39, 0.29) is 11.1 Å². The molecule has 0 aliphatic heterocycles. The van der Waals surface area contributed by atoms with Crippen LogP contribution in [0.15, 0.2) is 16.7 Å². The van der Waals surface area contributed by atoms with E-state index in [1.807, 2.05) is 0 Å². The van der Waals surface area contributed by atoms with Crippen LogP contribution in [0.3, 0.4) is 0 Å². The molecule has 0 aliphatic rings. The van der Waals surface area contributed by atoms with Crippen LogP contribution in [0, 0.1) is 0 Å². The third kappa shape index (κ3) is 2.94. The second-order valence-electron chi connectivity index (χ2n) is 2.77. The molecule has 1 aromatic heterocycles. The van der Waals surface area contributed by atoms with Gasteiger partial charge < -0.3 is 4.74 Å². The SMILES string of the molecule is CCOC(=O)c1ncc(Br)cc1C(F)(F)F. The van der Waals surface area contributed by atoms with Gasteiger partial charge in [-0.25, -0.2) is 9.78 Å². The van der Waals surface area contributed by atoms with Crippen LogP contribution in [0.1, 0.15) is 23.0 Å². The summed E-state index contributed by atoms with van der Waals surface area (Å²) in [5.74, 6) is -1.08. The van der Waals surface area contributed by atoms with Crippen molar-refractivity contribution in [2.24, 2.45) is 0 Å². The lowest BCUT2D eigenvalue weighted by molar-refractivity contribution is -0.138. The van der Waals surface area contributed by atoms with Crippen LogP contribution in [-0.4, -0.2) is 17.6 Å². The Morgan fingerprint density at radius 2 is 2.19 bits per heavy atom. The minimum atomic E-state index is -4.64. The van der Waals surface area contributed by atoms with Crippen molar-refractivity contribution in [1.29, 1.82) is 0 Å². The molecule has 16 heavy (non-hydrogen) atoms. The van der Waals surface area contributed by atoms with Crippen molar-refractivity contribution in [3.05, 3.63) is 28.0 Å². The Kier molecular flexibility index (Phi) is 3.90. The van der Waals surface area contributed by atoms with Gasteiger partial charge in [-0.05, 0) is 28.9 Å². The van der Waals surface area contributed by atoms with Crippen molar-refractivity contribution in [2.75, 3.05) is 6.61 Å². The highest BCUT2D eigenvalue weighted by atomic mass is 79.9. The van der Waals surface area contributed by atoms with Gasteiger partial charge in [0.15, 0.2) is 5.69 Å². The first-order chi connectivity index (χ1) is 7.36. The number of rotatable bonds is 2. The van der Waals surface area contributed by atoms with E-state index < -0.39 is 23.4 Å². The van der Waals surface area contributed by atoms with E-state index in [9.17, 15) is 18.0 Å². The molecule has 88 valence electrons. The zero-order valence-corrected chi connectivity index (χ0v) is 9.72. The molecule has 0 N–H and O–H groups in total. The maximum absolute atomic E-state index is 12.6. The molecular weight excluding hydrogens is 291 g/mol. The minimum absolute atomic E-state index is 0.00608. The van der Waals surface area contributed by atoms with E-state index in [4.69, 9.17) is 0 Å². The number of aromatic nitrogens is 1. The Balaban J connectivity index is 3.23. The predicted octanol–water partition coefficient (Wildman–Crippen LogP) is 3.04. The number of carbonyl (C=O) groups is 1. The Bertz CT molecular complexity index is 406. The number of pyridine rings is 1. The number of hydrogen-bond donors (Lipinski definition) is 0. The molecule has 0 fully saturated rings. The highest BCUT2D eigenvalue weighted by molar-refractivity contribution is 9.10. The van der Waals surface area contributed by atoms with Crippen LogP contribution in [0.5, 0.6) is 0 Å². The fourth-order valence-electron chi connectivity index (χ4n) is 1.02. The number of carbonyl (C=O) groups excluding carboxylic acids is 1. The van der Waals surface area contributed by atoms with Gasteiger partial charge in [0.2, 0.25) is 0 Å². The van der Waals surface area contributed by atoms with Gasteiger partial charge >= 0.3 is 12.1 Å². The lowest BCUT2D eigenvalue weighted by atomic mass is 10.2. The van der Waals surface area contributed by atoms with E-state index in [2.05, 4.69) is 25.7 Å². The summed E-state index contributed by atoms with van der Waals surface area (Å²) in [6.07, 6.45) is -3.53. The number of ether oxygens (including phenoxy) is 1. The maximum Gasteiger partial charge on any atom is 0.418 e. The third-order valence-corrected chi connectivity index (χ3v) is 2.06. The van der Waals surface area contributed by atoms with Gasteiger partial charge in [0.25, 0.3) is 0 Å². The van der Waals surface area contributed by atoms with Gasteiger partial charge in [0.05, 0.1) is 12.2 Å². The summed E-state index contributed by atoms with van der Waals surface area (Å²) in [6.45, 7) is 1.50. The van der Waals surface area contributed by atoms with Gasteiger partial charge in [0.1, 0.15) is 0 Å². The molecule has 0 amide bonds. The molecular formula is C9H7BrF3NO2. The molecule has 0 aliphatic carbocycles. The Morgan fingerprint density at radius 1 is 1.56 bits per heavy atom. The topological polar surface area (TPSA) is 39.2 Å². The molecule has 0 atom stereocenters. The highest BCUT2D eigenvalue weighted by Crippen LogP contribution is 2.33. The molecule has 1 aromatic rings. The first kappa shape index (κ1) is 13.0. The Morgan fingerprint density at radius 3 is 2.69 bits per heavy atom. The Hall–Kier alpha value is -1.11. The van der Waals surface area contributed by atoms with Crippen molar-refractivity contribution in [1.82, 2.24) is 4.98 Å². The van der Waals surface area contributed by atoms with Crippen molar-refractivity contribution in [3.63, 3.8) is 0 Å². The maximum atomic E-state index is 12.6. The van der Waals surface area contributed by atoms with E-state index in [0.717, 1.165) is 12.3 Å². The third-order valence-electron chi connectivity index (χ3n) is 1.63. The van der Waals surface area contributed by atoms with E-state index in [1.165, 1.54) is 6.92 Å². The molecule has 1 heterocycles. The van der Waals surface area contributed by atoms with Crippen LogP contribution in [0.25, 0.3) is 0 Å². The largest absolute Gasteiger partial charge is 0.461 e. The van der Waals surface area contributed by atoms with Crippen LogP contribution >= 0.6 is 15.9 Å². The lowest BCUT2D eigenvalue weighted by Crippen LogP contribution is -2.17. The van der Waals surface area contributed by atoms with Crippen molar-refractivity contribution in [2.45, 2.75) is 13.1 Å². The minimum Gasteiger partial charge on any atom is -0.461 e. The zero-order chi connectivity index (χ0) is 12.3. The van der Waals surface area contributed by atoms with Gasteiger partial charge in [-0.3, -0.25) is 0 Å². The summed E-state index contributed by atoms with van der Waals surface area (Å²) in [4.78, 5) is 14.6. The molecule has 0 bridgehead atoms. The molecule has 7 heteroatoms. The first-order valence-corrected chi connectivity index (χ1v) is 5.05. The quantitative estimate of drug-likeness (QED) is 0.788. The van der Waals surface area contributed by atoms with Gasteiger partial charge in [-0.15, -0.1) is 0 Å². The van der Waals surface area contributed by atoms with Crippen molar-refractivity contribution < 1.29 is 22.7 Å². The summed E-state index contributed by atoms with van der Waals surface area (Å²) in [5, 5.41) is 0. The van der Waals surface area contributed by atoms with Crippen molar-refractivity contribution in [3.8, 4) is 0 Å². The summed E-state index contributed by atoms with van der Waals surface area (Å²) < 4.78 is 42.3. The average Bonchev–Trinajstić information content (AvgIpc) is 2.16. The smallest absolute Gasteiger partial charge is 0.418 e. The Labute approximate surface area is 97.8 Å². The molecule has 0 unspecified atom stereocenters. The molecule has 0 spiro atoms. The van der Waals surface area contributed by atoms with E-state index in [1.54, 1.807) is 0 Å². The molecule has 0 radical (unpaired) electrons. The summed E-state index contributed by atoms with van der Waals surface area (Å²) >= 11 is 2.86. The summed E-state index contributed by atoms with van der Waals surface area (Å²) in [7, 11) is 0. The van der Waals surface area contributed by atoms with Gasteiger partial charge in [-0.1, -0.05) is 0 Å². The van der Waals surface area contributed by atoms with Gasteiger partial charge in [-0.2, -0.15) is 13.2 Å². The zero-order valence-electron chi connectivity index (χ0n) is 8.14. The molecule has 0 aromatic carbocycles. The summed E-state index contributed by atoms with van der Waals surface area (Å²) in [5.41, 5.74) is -1.84. The van der Waals surface area contributed by atoms with E-state index >= 15 is 0 Å². The van der Waals surface area contributed by atoms with Crippen LogP contribution in [0.4, 0.5) is 13.2 Å². The second-order valence-corrected chi connectivity index (χ2v) is 3.68. The number of hydrogen-bond acceptors (Lipinski definition) is 3. The van der Waals surface area contributed by atoms with Crippen LogP contribution in [-0.2, 0) is 10.9 Å². The number of halogens is 4. The lowest BCUT2D eigenvalue weighted by Gasteiger charge is -2.11.